The third-order valence-electron chi connectivity index (χ3n) is 2.50. The van der Waals surface area contributed by atoms with Gasteiger partial charge in [0.05, 0.1) is 6.20 Å². The van der Waals surface area contributed by atoms with E-state index in [2.05, 4.69) is 9.97 Å². The van der Waals surface area contributed by atoms with Crippen LogP contribution in [0.4, 0.5) is 0 Å². The highest BCUT2D eigenvalue weighted by Crippen LogP contribution is 2.05. The molecule has 0 saturated heterocycles. The molecule has 5 nitrogen and oxygen atoms in total. The van der Waals surface area contributed by atoms with Crippen LogP contribution in [-0.2, 0) is 6.54 Å². The highest BCUT2D eigenvalue weighted by molar-refractivity contribution is 5.91. The normalized spacial score (nSPS) is 10.1. The van der Waals surface area contributed by atoms with Gasteiger partial charge in [-0.05, 0) is 5.56 Å². The fourth-order valence-corrected chi connectivity index (χ4v) is 1.58. The average Bonchev–Trinajstić information content (AvgIpc) is 2.40. The molecule has 0 spiro atoms. The number of hydrogen-bond donors (Lipinski definition) is 1. The summed E-state index contributed by atoms with van der Waals surface area (Å²) in [5, 5.41) is 0. The van der Waals surface area contributed by atoms with E-state index >= 15 is 0 Å². The van der Waals surface area contributed by atoms with Crippen LogP contribution in [0.1, 0.15) is 16.1 Å². The average molecular weight is 243 g/mol. The summed E-state index contributed by atoms with van der Waals surface area (Å²) >= 11 is 0. The van der Waals surface area contributed by atoms with Crippen LogP contribution in [0.3, 0.4) is 0 Å². The predicted molar refractivity (Wildman–Crippen MR) is 67.1 cm³/mol. The monoisotopic (exact) mass is 243 g/mol. The predicted octanol–water partition coefficient (Wildman–Crippen LogP) is 1.04. The lowest BCUT2D eigenvalue weighted by atomic mass is 10.2. The second-order valence-corrected chi connectivity index (χ2v) is 3.94. The number of nitrogens with zero attached hydrogens (tertiary/aromatic N) is 2. The maximum atomic E-state index is 12.0. The topological polar surface area (TPSA) is 66.1 Å². The minimum absolute atomic E-state index is 0.227. The van der Waals surface area contributed by atoms with Crippen LogP contribution in [0.2, 0.25) is 0 Å². The summed E-state index contributed by atoms with van der Waals surface area (Å²) in [6, 6.07) is 9.67. The van der Waals surface area contributed by atoms with Crippen molar-refractivity contribution in [2.24, 2.45) is 0 Å². The zero-order chi connectivity index (χ0) is 13.0. The summed E-state index contributed by atoms with van der Waals surface area (Å²) in [5.74, 6) is -0.227. The number of nitrogens with one attached hydrogen (secondary N) is 1. The van der Waals surface area contributed by atoms with Gasteiger partial charge in [0, 0.05) is 19.8 Å². The van der Waals surface area contributed by atoms with Gasteiger partial charge in [0.2, 0.25) is 0 Å². The highest BCUT2D eigenvalue weighted by Gasteiger charge is 2.13. The van der Waals surface area contributed by atoms with Crippen molar-refractivity contribution in [2.45, 2.75) is 6.54 Å². The molecular weight excluding hydrogens is 230 g/mol. The quantitative estimate of drug-likeness (QED) is 0.876. The number of benzene rings is 1. The van der Waals surface area contributed by atoms with E-state index in [-0.39, 0.29) is 17.2 Å². The van der Waals surface area contributed by atoms with Gasteiger partial charge < -0.3 is 9.88 Å². The van der Waals surface area contributed by atoms with Gasteiger partial charge >= 0.3 is 0 Å². The van der Waals surface area contributed by atoms with Crippen molar-refractivity contribution in [1.29, 1.82) is 0 Å². The Morgan fingerprint density at radius 2 is 2.06 bits per heavy atom. The number of aromatic nitrogens is 2. The first-order valence-corrected chi connectivity index (χ1v) is 5.51. The molecule has 0 aliphatic heterocycles. The van der Waals surface area contributed by atoms with E-state index in [0.29, 0.717) is 6.54 Å². The van der Waals surface area contributed by atoms with Crippen molar-refractivity contribution in [1.82, 2.24) is 14.9 Å². The molecule has 2 aromatic rings. The van der Waals surface area contributed by atoms with E-state index in [9.17, 15) is 9.59 Å². The summed E-state index contributed by atoms with van der Waals surface area (Å²) in [6.07, 6.45) is 2.43. The van der Waals surface area contributed by atoms with Crippen LogP contribution in [0.15, 0.2) is 47.5 Å². The lowest BCUT2D eigenvalue weighted by Crippen LogP contribution is -2.27. The molecule has 1 aromatic heterocycles. The maximum Gasteiger partial charge on any atom is 0.274 e. The Hall–Kier alpha value is -2.43. The van der Waals surface area contributed by atoms with E-state index < -0.39 is 0 Å². The molecule has 1 N–H and O–H groups in total. The van der Waals surface area contributed by atoms with Crippen molar-refractivity contribution < 1.29 is 4.79 Å². The lowest BCUT2D eigenvalue weighted by molar-refractivity contribution is 0.0778. The molecule has 92 valence electrons. The van der Waals surface area contributed by atoms with Crippen LogP contribution in [0.5, 0.6) is 0 Å². The molecule has 0 aliphatic rings. The summed E-state index contributed by atoms with van der Waals surface area (Å²) < 4.78 is 0. The Morgan fingerprint density at radius 1 is 1.33 bits per heavy atom. The molecule has 5 heteroatoms. The zero-order valence-corrected chi connectivity index (χ0v) is 9.96. The van der Waals surface area contributed by atoms with E-state index in [1.807, 2.05) is 30.3 Å². The number of rotatable bonds is 3. The molecule has 1 amide bonds. The zero-order valence-electron chi connectivity index (χ0n) is 9.96. The van der Waals surface area contributed by atoms with Crippen LogP contribution >= 0.6 is 0 Å². The van der Waals surface area contributed by atoms with E-state index in [4.69, 9.17) is 0 Å². The summed E-state index contributed by atoms with van der Waals surface area (Å²) in [4.78, 5) is 30.7. The fraction of sp³-hybridized carbons (Fsp3) is 0.154. The number of H-pyrrole nitrogens is 1. The number of carbonyl (C=O) groups is 1. The van der Waals surface area contributed by atoms with Gasteiger partial charge in [-0.1, -0.05) is 30.3 Å². The first-order chi connectivity index (χ1) is 8.66. The Labute approximate surface area is 104 Å². The van der Waals surface area contributed by atoms with Crippen molar-refractivity contribution >= 4 is 5.91 Å². The van der Waals surface area contributed by atoms with Crippen LogP contribution in [0.25, 0.3) is 0 Å². The van der Waals surface area contributed by atoms with Gasteiger partial charge in [0.15, 0.2) is 0 Å². The van der Waals surface area contributed by atoms with Crippen LogP contribution < -0.4 is 5.56 Å². The van der Waals surface area contributed by atoms with Gasteiger partial charge in [-0.15, -0.1) is 0 Å². The summed E-state index contributed by atoms with van der Waals surface area (Å²) in [5.41, 5.74) is 0.947. The molecule has 0 bridgehead atoms. The van der Waals surface area contributed by atoms with Gasteiger partial charge in [0.1, 0.15) is 5.69 Å². The molecule has 0 unspecified atom stereocenters. The molecule has 18 heavy (non-hydrogen) atoms. The van der Waals surface area contributed by atoms with E-state index in [1.54, 1.807) is 11.9 Å². The Balaban J connectivity index is 2.09. The first-order valence-electron chi connectivity index (χ1n) is 5.51. The van der Waals surface area contributed by atoms with Crippen LogP contribution in [0, 0.1) is 0 Å². The molecule has 0 aliphatic carbocycles. The number of aromatic amines is 1. The summed E-state index contributed by atoms with van der Waals surface area (Å²) in [7, 11) is 1.70. The van der Waals surface area contributed by atoms with Gasteiger partial charge in [0.25, 0.3) is 11.5 Å². The summed E-state index contributed by atoms with van der Waals surface area (Å²) in [6.45, 7) is 0.500. The third kappa shape index (κ3) is 2.82. The van der Waals surface area contributed by atoms with E-state index in [0.717, 1.165) is 11.8 Å². The molecule has 0 fully saturated rings. The molecule has 1 aromatic carbocycles. The van der Waals surface area contributed by atoms with Crippen LogP contribution in [-0.4, -0.2) is 27.8 Å². The smallest absolute Gasteiger partial charge is 0.274 e. The van der Waals surface area contributed by atoms with Crippen molar-refractivity contribution in [3.63, 3.8) is 0 Å². The number of amides is 1. The number of carbonyl (C=O) groups excluding carboxylic acids is 1. The minimum atomic E-state index is -0.322. The third-order valence-corrected chi connectivity index (χ3v) is 2.50. The Bertz CT molecular complexity index is 572. The Kier molecular flexibility index (Phi) is 3.52. The second-order valence-electron chi connectivity index (χ2n) is 3.94. The molecule has 0 saturated carbocycles. The van der Waals surface area contributed by atoms with Crippen molar-refractivity contribution in [3.05, 3.63) is 64.3 Å². The highest BCUT2D eigenvalue weighted by atomic mass is 16.2. The first kappa shape index (κ1) is 12.0. The second kappa shape index (κ2) is 5.27. The molecule has 0 radical (unpaired) electrons. The SMILES string of the molecule is CN(Cc1ccccc1)C(=O)c1c[nH]c(=O)cn1. The van der Waals surface area contributed by atoms with E-state index in [1.165, 1.54) is 6.20 Å². The molecule has 0 atom stereocenters. The van der Waals surface area contributed by atoms with Crippen molar-refractivity contribution in [2.75, 3.05) is 7.05 Å². The van der Waals surface area contributed by atoms with Gasteiger partial charge in [-0.25, -0.2) is 4.98 Å². The maximum absolute atomic E-state index is 12.0. The molecule has 2 rings (SSSR count). The van der Waals surface area contributed by atoms with Gasteiger partial charge in [-0.2, -0.15) is 0 Å². The molecule has 1 heterocycles. The lowest BCUT2D eigenvalue weighted by Gasteiger charge is -2.16. The Morgan fingerprint density at radius 3 is 2.67 bits per heavy atom. The largest absolute Gasteiger partial charge is 0.336 e. The standard InChI is InChI=1S/C13H13N3O2/c1-16(9-10-5-3-2-4-6-10)13(18)11-7-15-12(17)8-14-11/h2-8H,9H2,1H3,(H,15,17). The minimum Gasteiger partial charge on any atom is -0.336 e. The van der Waals surface area contributed by atoms with Crippen molar-refractivity contribution in [3.8, 4) is 0 Å². The molecular formula is C13H13N3O2. The van der Waals surface area contributed by atoms with Gasteiger partial charge in [-0.3, -0.25) is 9.59 Å². The number of hydrogen-bond acceptors (Lipinski definition) is 3. The fourth-order valence-electron chi connectivity index (χ4n) is 1.58.